The normalized spacial score (nSPS) is 14.4. The van der Waals surface area contributed by atoms with Gasteiger partial charge in [-0.2, -0.15) is 0 Å². The molecule has 1 fully saturated rings. The van der Waals surface area contributed by atoms with E-state index in [0.717, 1.165) is 18.4 Å². The van der Waals surface area contributed by atoms with Crippen LogP contribution in [0.25, 0.3) is 0 Å². The number of hydrogen-bond acceptors (Lipinski definition) is 5. The fraction of sp³-hybridized carbons (Fsp3) is 0.350. The van der Waals surface area contributed by atoms with Crippen LogP contribution in [0.5, 0.6) is 0 Å². The molecule has 1 aliphatic carbocycles. The Labute approximate surface area is 168 Å². The van der Waals surface area contributed by atoms with Crippen LogP contribution in [0.4, 0.5) is 11.4 Å². The van der Waals surface area contributed by atoms with Crippen molar-refractivity contribution >= 4 is 28.9 Å². The number of methoxy groups -OCH3 is 1. The highest BCUT2D eigenvalue weighted by Gasteiger charge is 2.33. The summed E-state index contributed by atoms with van der Waals surface area (Å²) in [5, 5.41) is 18.0. The highest BCUT2D eigenvalue weighted by molar-refractivity contribution is 6.30. The van der Waals surface area contributed by atoms with Gasteiger partial charge in [0.1, 0.15) is 5.69 Å². The third-order valence-corrected chi connectivity index (χ3v) is 4.94. The van der Waals surface area contributed by atoms with Crippen LogP contribution in [0.15, 0.2) is 42.5 Å². The Bertz CT molecular complexity index is 853. The molecule has 148 valence electrons. The number of nitro benzene ring substituents is 1. The van der Waals surface area contributed by atoms with Crippen LogP contribution in [0.1, 0.15) is 34.8 Å². The van der Waals surface area contributed by atoms with E-state index in [2.05, 4.69) is 10.6 Å². The molecule has 0 spiro atoms. The molecule has 1 aliphatic rings. The fourth-order valence-electron chi connectivity index (χ4n) is 3.06. The lowest BCUT2D eigenvalue weighted by Gasteiger charge is -2.19. The number of rotatable bonds is 9. The highest BCUT2D eigenvalue weighted by Crippen LogP contribution is 2.41. The molecule has 0 bridgehead atoms. The van der Waals surface area contributed by atoms with Gasteiger partial charge in [0, 0.05) is 30.3 Å². The Morgan fingerprint density at radius 3 is 2.61 bits per heavy atom. The number of nitro groups is 1. The number of nitrogens with zero attached hydrogens (tertiary/aromatic N) is 1. The summed E-state index contributed by atoms with van der Waals surface area (Å²) in [6.07, 6.45) is 2.08. The van der Waals surface area contributed by atoms with E-state index in [4.69, 9.17) is 16.3 Å². The van der Waals surface area contributed by atoms with E-state index in [1.807, 2.05) is 12.1 Å². The molecule has 1 saturated carbocycles. The topological polar surface area (TPSA) is 93.5 Å². The quantitative estimate of drug-likeness (QED) is 0.372. The van der Waals surface area contributed by atoms with Gasteiger partial charge in [-0.25, -0.2) is 0 Å². The largest absolute Gasteiger partial charge is 0.383 e. The van der Waals surface area contributed by atoms with Crippen molar-refractivity contribution < 1.29 is 14.5 Å². The van der Waals surface area contributed by atoms with Gasteiger partial charge in [-0.05, 0) is 48.6 Å². The summed E-state index contributed by atoms with van der Waals surface area (Å²) in [6, 6.07) is 11.7. The second kappa shape index (κ2) is 9.03. The minimum atomic E-state index is -0.497. The van der Waals surface area contributed by atoms with Crippen LogP contribution in [-0.4, -0.2) is 31.1 Å². The molecule has 2 N–H and O–H groups in total. The number of benzene rings is 2. The van der Waals surface area contributed by atoms with Gasteiger partial charge in [0.25, 0.3) is 11.6 Å². The third-order valence-electron chi connectivity index (χ3n) is 4.69. The number of anilines is 1. The van der Waals surface area contributed by atoms with E-state index in [0.29, 0.717) is 29.8 Å². The number of hydrogen-bond donors (Lipinski definition) is 2. The molecule has 8 heteroatoms. The van der Waals surface area contributed by atoms with Crippen LogP contribution in [0, 0.1) is 16.0 Å². The molecular formula is C20H22ClN3O4. The van der Waals surface area contributed by atoms with Crippen LogP contribution < -0.4 is 10.6 Å². The monoisotopic (exact) mass is 403 g/mol. The Hall–Kier alpha value is -2.64. The van der Waals surface area contributed by atoms with Gasteiger partial charge >= 0.3 is 0 Å². The lowest BCUT2D eigenvalue weighted by atomic mass is 10.0. The van der Waals surface area contributed by atoms with Crippen molar-refractivity contribution in [2.75, 3.05) is 25.6 Å². The van der Waals surface area contributed by atoms with E-state index in [9.17, 15) is 14.9 Å². The second-order valence-electron chi connectivity index (χ2n) is 6.75. The average molecular weight is 404 g/mol. The first-order chi connectivity index (χ1) is 13.5. The zero-order valence-electron chi connectivity index (χ0n) is 15.5. The lowest BCUT2D eigenvalue weighted by molar-refractivity contribution is -0.384. The predicted molar refractivity (Wildman–Crippen MR) is 108 cm³/mol. The predicted octanol–water partition coefficient (Wildman–Crippen LogP) is 4.19. The first-order valence-corrected chi connectivity index (χ1v) is 9.45. The zero-order valence-corrected chi connectivity index (χ0v) is 16.2. The Morgan fingerprint density at radius 2 is 2.00 bits per heavy atom. The summed E-state index contributed by atoms with van der Waals surface area (Å²) in [4.78, 5) is 23.7. The smallest absolute Gasteiger partial charge is 0.293 e. The minimum Gasteiger partial charge on any atom is -0.383 e. The first-order valence-electron chi connectivity index (χ1n) is 9.07. The van der Waals surface area contributed by atoms with Gasteiger partial charge in [0.05, 0.1) is 17.6 Å². The van der Waals surface area contributed by atoms with E-state index in [-0.39, 0.29) is 23.2 Å². The summed E-state index contributed by atoms with van der Waals surface area (Å²) in [5.41, 5.74) is 1.45. The first kappa shape index (κ1) is 20.1. The number of carbonyl (C=O) groups excluding carboxylic acids is 1. The molecule has 0 heterocycles. The number of ether oxygens (including phenoxy) is 1. The van der Waals surface area contributed by atoms with Crippen LogP contribution >= 0.6 is 11.6 Å². The number of halogens is 1. The molecule has 0 aliphatic heterocycles. The molecule has 1 unspecified atom stereocenters. The van der Waals surface area contributed by atoms with Gasteiger partial charge in [-0.15, -0.1) is 0 Å². The van der Waals surface area contributed by atoms with E-state index >= 15 is 0 Å². The SMILES string of the molecule is COCCNc1ccc(C(=O)NC(c2ccc(Cl)cc2)C2CC2)cc1[N+](=O)[O-]. The zero-order chi connectivity index (χ0) is 20.1. The van der Waals surface area contributed by atoms with E-state index in [1.165, 1.54) is 6.07 Å². The highest BCUT2D eigenvalue weighted by atomic mass is 35.5. The number of carbonyl (C=O) groups is 1. The molecular weight excluding hydrogens is 382 g/mol. The maximum absolute atomic E-state index is 12.8. The summed E-state index contributed by atoms with van der Waals surface area (Å²) in [6.45, 7) is 0.854. The summed E-state index contributed by atoms with van der Waals surface area (Å²) in [5.74, 6) is 0.0356. The van der Waals surface area contributed by atoms with Gasteiger partial charge in [-0.1, -0.05) is 23.7 Å². The summed E-state index contributed by atoms with van der Waals surface area (Å²) < 4.78 is 4.94. The average Bonchev–Trinajstić information content (AvgIpc) is 3.52. The summed E-state index contributed by atoms with van der Waals surface area (Å²) in [7, 11) is 1.56. The van der Waals surface area contributed by atoms with Crippen molar-refractivity contribution in [3.05, 3.63) is 68.7 Å². The maximum Gasteiger partial charge on any atom is 0.293 e. The molecule has 0 aromatic heterocycles. The van der Waals surface area contributed by atoms with Crippen molar-refractivity contribution in [3.63, 3.8) is 0 Å². The van der Waals surface area contributed by atoms with Crippen LogP contribution in [0.3, 0.4) is 0 Å². The van der Waals surface area contributed by atoms with Crippen molar-refractivity contribution in [2.45, 2.75) is 18.9 Å². The Kier molecular flexibility index (Phi) is 6.49. The van der Waals surface area contributed by atoms with Crippen molar-refractivity contribution in [1.29, 1.82) is 0 Å². The minimum absolute atomic E-state index is 0.136. The molecule has 2 aromatic rings. The summed E-state index contributed by atoms with van der Waals surface area (Å²) >= 11 is 5.96. The van der Waals surface area contributed by atoms with Crippen molar-refractivity contribution in [1.82, 2.24) is 5.32 Å². The number of amides is 1. The molecule has 7 nitrogen and oxygen atoms in total. The molecule has 1 amide bonds. The standard InChI is InChI=1S/C20H22ClN3O4/c1-28-11-10-22-17-9-6-15(12-18(17)24(26)27)20(25)23-19(13-2-3-13)14-4-7-16(21)8-5-14/h4-9,12-13,19,22H,2-3,10-11H2,1H3,(H,23,25). The van der Waals surface area contributed by atoms with E-state index < -0.39 is 4.92 Å². The van der Waals surface area contributed by atoms with E-state index in [1.54, 1.807) is 31.4 Å². The van der Waals surface area contributed by atoms with Gasteiger partial charge in [0.15, 0.2) is 0 Å². The molecule has 0 radical (unpaired) electrons. The van der Waals surface area contributed by atoms with Gasteiger partial charge < -0.3 is 15.4 Å². The van der Waals surface area contributed by atoms with Gasteiger partial charge in [0.2, 0.25) is 0 Å². The van der Waals surface area contributed by atoms with Gasteiger partial charge in [-0.3, -0.25) is 14.9 Å². The third kappa shape index (κ3) is 4.99. The molecule has 0 saturated heterocycles. The second-order valence-corrected chi connectivity index (χ2v) is 7.19. The van der Waals surface area contributed by atoms with Crippen LogP contribution in [-0.2, 0) is 4.74 Å². The fourth-order valence-corrected chi connectivity index (χ4v) is 3.18. The molecule has 1 atom stereocenters. The number of nitrogens with one attached hydrogen (secondary N) is 2. The Balaban J connectivity index is 1.77. The van der Waals surface area contributed by atoms with Crippen molar-refractivity contribution in [2.24, 2.45) is 5.92 Å². The lowest BCUT2D eigenvalue weighted by Crippen LogP contribution is -2.30. The van der Waals surface area contributed by atoms with Crippen molar-refractivity contribution in [3.8, 4) is 0 Å². The molecule has 28 heavy (non-hydrogen) atoms. The van der Waals surface area contributed by atoms with Crippen LogP contribution in [0.2, 0.25) is 5.02 Å². The molecule has 2 aromatic carbocycles. The Morgan fingerprint density at radius 1 is 1.29 bits per heavy atom. The maximum atomic E-state index is 12.8. The molecule has 3 rings (SSSR count).